The molecule has 1 aliphatic heterocycles. The summed E-state index contributed by atoms with van der Waals surface area (Å²) in [6.07, 6.45) is 5.99. The Morgan fingerprint density at radius 1 is 1.50 bits per heavy atom. The highest BCUT2D eigenvalue weighted by Gasteiger charge is 2.18. The zero-order valence-corrected chi connectivity index (χ0v) is 13.5. The van der Waals surface area contributed by atoms with Crippen LogP contribution in [0.5, 0.6) is 5.75 Å². The number of aromatic nitrogens is 2. The van der Waals surface area contributed by atoms with Crippen LogP contribution in [0.3, 0.4) is 0 Å². The third-order valence-electron chi connectivity index (χ3n) is 3.99. The van der Waals surface area contributed by atoms with Crippen molar-refractivity contribution in [1.29, 1.82) is 0 Å². The first kappa shape index (κ1) is 16.2. The first-order valence-corrected chi connectivity index (χ1v) is 7.89. The predicted molar refractivity (Wildman–Crippen MR) is 89.0 cm³/mol. The molecule has 1 amide bonds. The lowest BCUT2D eigenvalue weighted by molar-refractivity contribution is 0.0948. The molecule has 126 valence electrons. The van der Waals surface area contributed by atoms with Crippen molar-refractivity contribution in [2.45, 2.75) is 19.1 Å². The number of hydrogen-bond donors (Lipinski definition) is 2. The van der Waals surface area contributed by atoms with Gasteiger partial charge in [-0.05, 0) is 31.2 Å². The Labute approximate surface area is 139 Å². The van der Waals surface area contributed by atoms with E-state index in [1.807, 2.05) is 0 Å². The maximum atomic E-state index is 12.3. The van der Waals surface area contributed by atoms with Crippen molar-refractivity contribution in [3.05, 3.63) is 58.3 Å². The van der Waals surface area contributed by atoms with Crippen LogP contribution in [0, 0.1) is 0 Å². The summed E-state index contributed by atoms with van der Waals surface area (Å²) in [6.45, 7) is 2.02. The lowest BCUT2D eigenvalue weighted by atomic mass is 10.2. The van der Waals surface area contributed by atoms with Crippen molar-refractivity contribution in [2.75, 3.05) is 13.1 Å². The molecule has 3 heterocycles. The van der Waals surface area contributed by atoms with E-state index in [4.69, 9.17) is 4.74 Å². The molecule has 1 atom stereocenters. The number of aryl methyl sites for hydroxylation is 1. The van der Waals surface area contributed by atoms with E-state index >= 15 is 0 Å². The Kier molecular flexibility index (Phi) is 4.90. The molecule has 1 fully saturated rings. The van der Waals surface area contributed by atoms with Crippen molar-refractivity contribution < 1.29 is 9.53 Å². The van der Waals surface area contributed by atoms with E-state index in [1.54, 1.807) is 37.8 Å². The van der Waals surface area contributed by atoms with E-state index in [0.29, 0.717) is 5.75 Å². The molecule has 2 N–H and O–H groups in total. The van der Waals surface area contributed by atoms with E-state index in [1.165, 1.54) is 10.6 Å². The molecule has 3 rings (SSSR count). The third kappa shape index (κ3) is 3.62. The Balaban J connectivity index is 1.69. The van der Waals surface area contributed by atoms with Crippen LogP contribution in [0.15, 0.2) is 41.6 Å². The van der Waals surface area contributed by atoms with Crippen LogP contribution in [0.4, 0.5) is 0 Å². The normalized spacial score (nSPS) is 16.8. The number of nitrogens with one attached hydrogen (secondary N) is 2. The van der Waals surface area contributed by atoms with Crippen LogP contribution in [0.1, 0.15) is 22.3 Å². The summed E-state index contributed by atoms with van der Waals surface area (Å²) < 4.78 is 7.32. The van der Waals surface area contributed by atoms with Gasteiger partial charge in [0.1, 0.15) is 17.4 Å². The minimum atomic E-state index is -0.401. The second kappa shape index (κ2) is 7.27. The fourth-order valence-corrected chi connectivity index (χ4v) is 2.61. The van der Waals surface area contributed by atoms with Gasteiger partial charge in [0.25, 0.3) is 11.5 Å². The third-order valence-corrected chi connectivity index (χ3v) is 3.99. The summed E-state index contributed by atoms with van der Waals surface area (Å²) in [4.78, 5) is 28.3. The maximum Gasteiger partial charge on any atom is 0.263 e. The molecule has 0 aromatic carbocycles. The smallest absolute Gasteiger partial charge is 0.263 e. The summed E-state index contributed by atoms with van der Waals surface area (Å²) in [7, 11) is 1.61. The molecule has 1 saturated heterocycles. The van der Waals surface area contributed by atoms with Gasteiger partial charge in [-0.25, -0.2) is 0 Å². The van der Waals surface area contributed by atoms with E-state index in [-0.39, 0.29) is 23.8 Å². The fraction of sp³-hybridized carbons (Fsp3) is 0.353. The second-order valence-corrected chi connectivity index (χ2v) is 5.74. The first-order valence-electron chi connectivity index (χ1n) is 7.89. The molecule has 7 heteroatoms. The number of pyridine rings is 2. The summed E-state index contributed by atoms with van der Waals surface area (Å²) in [5, 5.41) is 6.02. The van der Waals surface area contributed by atoms with Crippen molar-refractivity contribution in [3.63, 3.8) is 0 Å². The summed E-state index contributed by atoms with van der Waals surface area (Å²) in [5.74, 6) is 0.258. The lowest BCUT2D eigenvalue weighted by Crippen LogP contribution is -2.31. The number of carbonyl (C=O) groups excluding carboxylic acids is 1. The predicted octanol–water partition coefficient (Wildman–Crippen LogP) is 0.451. The molecule has 2 aromatic rings. The van der Waals surface area contributed by atoms with Crippen LogP contribution in [-0.2, 0) is 13.6 Å². The standard InChI is InChI=1S/C17H20N4O3/c1-21-8-2-3-14(17(21)23)16(22)20-9-12-4-6-19-11-15(12)24-13-5-7-18-10-13/h2-4,6,8,11,13,18H,5,7,9-10H2,1H3,(H,20,22)/t13-/m0/s1. The van der Waals surface area contributed by atoms with Gasteiger partial charge in [-0.15, -0.1) is 0 Å². The summed E-state index contributed by atoms with van der Waals surface area (Å²) in [5.41, 5.74) is 0.632. The van der Waals surface area contributed by atoms with Crippen LogP contribution in [0.2, 0.25) is 0 Å². The summed E-state index contributed by atoms with van der Waals surface area (Å²) >= 11 is 0. The average Bonchev–Trinajstić information content (AvgIpc) is 3.09. The molecule has 0 unspecified atom stereocenters. The molecule has 0 radical (unpaired) electrons. The highest BCUT2D eigenvalue weighted by Crippen LogP contribution is 2.19. The van der Waals surface area contributed by atoms with Crippen molar-refractivity contribution in [1.82, 2.24) is 20.2 Å². The zero-order chi connectivity index (χ0) is 16.9. The maximum absolute atomic E-state index is 12.3. The van der Waals surface area contributed by atoms with Crippen molar-refractivity contribution >= 4 is 5.91 Å². The van der Waals surface area contributed by atoms with Gasteiger partial charge < -0.3 is 19.9 Å². The molecule has 24 heavy (non-hydrogen) atoms. The molecule has 2 aromatic heterocycles. The van der Waals surface area contributed by atoms with E-state index < -0.39 is 5.91 Å². The van der Waals surface area contributed by atoms with Gasteiger partial charge in [0.05, 0.1) is 6.20 Å². The van der Waals surface area contributed by atoms with Crippen LogP contribution in [-0.4, -0.2) is 34.7 Å². The number of rotatable bonds is 5. The molecule has 1 aliphatic rings. The first-order chi connectivity index (χ1) is 11.6. The van der Waals surface area contributed by atoms with Gasteiger partial charge >= 0.3 is 0 Å². The van der Waals surface area contributed by atoms with Crippen molar-refractivity contribution in [3.8, 4) is 5.75 Å². The number of nitrogens with zero attached hydrogens (tertiary/aromatic N) is 2. The second-order valence-electron chi connectivity index (χ2n) is 5.74. The van der Waals surface area contributed by atoms with Gasteiger partial charge in [0.15, 0.2) is 0 Å². The quantitative estimate of drug-likeness (QED) is 0.832. The monoisotopic (exact) mass is 328 g/mol. The number of carbonyl (C=O) groups is 1. The highest BCUT2D eigenvalue weighted by atomic mass is 16.5. The molecular formula is C17H20N4O3. The van der Waals surface area contributed by atoms with E-state index in [0.717, 1.165) is 25.1 Å². The largest absolute Gasteiger partial charge is 0.487 e. The van der Waals surface area contributed by atoms with Crippen LogP contribution < -0.4 is 20.9 Å². The highest BCUT2D eigenvalue weighted by molar-refractivity contribution is 5.93. The average molecular weight is 328 g/mol. The Morgan fingerprint density at radius 2 is 2.38 bits per heavy atom. The van der Waals surface area contributed by atoms with E-state index in [9.17, 15) is 9.59 Å². The van der Waals surface area contributed by atoms with Gasteiger partial charge in [0.2, 0.25) is 0 Å². The number of amides is 1. The fourth-order valence-electron chi connectivity index (χ4n) is 2.61. The molecule has 7 nitrogen and oxygen atoms in total. The molecule has 0 spiro atoms. The minimum Gasteiger partial charge on any atom is -0.487 e. The van der Waals surface area contributed by atoms with Crippen LogP contribution in [0.25, 0.3) is 0 Å². The number of hydrogen-bond acceptors (Lipinski definition) is 5. The van der Waals surface area contributed by atoms with E-state index in [2.05, 4.69) is 15.6 Å². The summed E-state index contributed by atoms with van der Waals surface area (Å²) in [6, 6.07) is 5.00. The molecule has 0 aliphatic carbocycles. The molecule has 0 saturated carbocycles. The Morgan fingerprint density at radius 3 is 3.17 bits per heavy atom. The zero-order valence-electron chi connectivity index (χ0n) is 13.5. The SMILES string of the molecule is Cn1cccc(C(=O)NCc2ccncc2O[C@H]2CCNC2)c1=O. The number of ether oxygens (including phenoxy) is 1. The van der Waals surface area contributed by atoms with Crippen molar-refractivity contribution in [2.24, 2.45) is 7.05 Å². The lowest BCUT2D eigenvalue weighted by Gasteiger charge is -2.16. The molecular weight excluding hydrogens is 308 g/mol. The molecule has 0 bridgehead atoms. The van der Waals surface area contributed by atoms with Gasteiger partial charge in [-0.3, -0.25) is 14.6 Å². The Bertz CT molecular complexity index is 781. The minimum absolute atomic E-state index is 0.116. The Hall–Kier alpha value is -2.67. The van der Waals surface area contributed by atoms with Gasteiger partial charge in [-0.2, -0.15) is 0 Å². The van der Waals surface area contributed by atoms with Gasteiger partial charge in [0, 0.05) is 38.1 Å². The van der Waals surface area contributed by atoms with Crippen LogP contribution >= 0.6 is 0 Å². The van der Waals surface area contributed by atoms with Gasteiger partial charge in [-0.1, -0.05) is 0 Å². The topological polar surface area (TPSA) is 85.2 Å².